The Balaban J connectivity index is 2.22. The van der Waals surface area contributed by atoms with Crippen molar-refractivity contribution in [2.24, 2.45) is 0 Å². The molecule has 1 aromatic carbocycles. The molecule has 0 aromatic heterocycles. The maximum absolute atomic E-state index is 11.5. The van der Waals surface area contributed by atoms with Crippen molar-refractivity contribution in [1.82, 2.24) is 10.0 Å². The third-order valence-corrected chi connectivity index (χ3v) is 3.75. The van der Waals surface area contributed by atoms with E-state index in [0.29, 0.717) is 6.54 Å². The van der Waals surface area contributed by atoms with Gasteiger partial charge in [-0.2, -0.15) is 0 Å². The number of rotatable bonds is 8. The molecule has 1 aromatic rings. The minimum Gasteiger partial charge on any atom is -0.376 e. The van der Waals surface area contributed by atoms with Gasteiger partial charge in [0.1, 0.15) is 0 Å². The first kappa shape index (κ1) is 15.5. The first-order valence-electron chi connectivity index (χ1n) is 6.06. The fourth-order valence-corrected chi connectivity index (χ4v) is 2.37. The van der Waals surface area contributed by atoms with Gasteiger partial charge in [-0.1, -0.05) is 25.1 Å². The van der Waals surface area contributed by atoms with Gasteiger partial charge >= 0.3 is 0 Å². The van der Waals surface area contributed by atoms with Crippen LogP contribution in [0.5, 0.6) is 0 Å². The zero-order valence-electron chi connectivity index (χ0n) is 10.8. The summed E-state index contributed by atoms with van der Waals surface area (Å²) in [7, 11) is -3.28. The van der Waals surface area contributed by atoms with Gasteiger partial charge in [0.15, 0.2) is 0 Å². The minimum atomic E-state index is -3.28. The van der Waals surface area contributed by atoms with Crippen LogP contribution < -0.4 is 15.4 Å². The summed E-state index contributed by atoms with van der Waals surface area (Å²) in [5.41, 5.74) is 0.845. The monoisotopic (exact) mass is 285 g/mol. The number of hydrogen-bond acceptors (Lipinski definition) is 4. The van der Waals surface area contributed by atoms with Crippen molar-refractivity contribution in [2.45, 2.75) is 6.92 Å². The lowest BCUT2D eigenvalue weighted by Gasteiger charge is -2.08. The number of hydrogen-bond donors (Lipinski definition) is 3. The number of nitrogens with one attached hydrogen (secondary N) is 3. The lowest BCUT2D eigenvalue weighted by atomic mass is 10.3. The summed E-state index contributed by atoms with van der Waals surface area (Å²) in [5, 5.41) is 5.49. The zero-order chi connectivity index (χ0) is 14.1. The van der Waals surface area contributed by atoms with Crippen LogP contribution in [0.25, 0.3) is 0 Å². The molecule has 3 N–H and O–H groups in total. The van der Waals surface area contributed by atoms with E-state index in [1.807, 2.05) is 30.3 Å². The predicted molar refractivity (Wildman–Crippen MR) is 75.4 cm³/mol. The highest BCUT2D eigenvalue weighted by Gasteiger charge is 2.08. The van der Waals surface area contributed by atoms with Gasteiger partial charge in [-0.3, -0.25) is 4.79 Å². The smallest absolute Gasteiger partial charge is 0.239 e. The van der Waals surface area contributed by atoms with Crippen LogP contribution in [0.1, 0.15) is 6.92 Å². The van der Waals surface area contributed by atoms with Crippen molar-refractivity contribution in [2.75, 3.05) is 30.7 Å². The first-order valence-corrected chi connectivity index (χ1v) is 7.71. The average Bonchev–Trinajstić information content (AvgIpc) is 2.37. The summed E-state index contributed by atoms with van der Waals surface area (Å²) in [5.74, 6) is -0.353. The normalized spacial score (nSPS) is 11.0. The summed E-state index contributed by atoms with van der Waals surface area (Å²) in [6, 6.07) is 9.31. The van der Waals surface area contributed by atoms with Gasteiger partial charge in [0.05, 0.1) is 12.3 Å². The molecular weight excluding hydrogens is 266 g/mol. The van der Waals surface area contributed by atoms with Crippen LogP contribution in [0.4, 0.5) is 5.69 Å². The molecule has 1 amide bonds. The van der Waals surface area contributed by atoms with Crippen molar-refractivity contribution >= 4 is 21.6 Å². The van der Waals surface area contributed by atoms with E-state index in [9.17, 15) is 13.2 Å². The second-order valence-electron chi connectivity index (χ2n) is 3.89. The van der Waals surface area contributed by atoms with E-state index in [4.69, 9.17) is 0 Å². The fourth-order valence-electron chi connectivity index (χ4n) is 1.42. The SMILES string of the molecule is CCNS(=O)(=O)CCNC(=O)CNc1ccccc1. The van der Waals surface area contributed by atoms with Gasteiger partial charge in [0, 0.05) is 18.8 Å². The van der Waals surface area contributed by atoms with Gasteiger partial charge in [0.2, 0.25) is 15.9 Å². The standard InChI is InChI=1S/C12H19N3O3S/c1-2-15-19(17,18)9-8-13-12(16)10-14-11-6-4-3-5-7-11/h3-7,14-15H,2,8-10H2,1H3,(H,13,16). The van der Waals surface area contributed by atoms with Crippen molar-refractivity contribution in [3.8, 4) is 0 Å². The lowest BCUT2D eigenvalue weighted by Crippen LogP contribution is -2.36. The van der Waals surface area contributed by atoms with Crippen molar-refractivity contribution in [3.05, 3.63) is 30.3 Å². The molecule has 106 valence electrons. The molecule has 0 radical (unpaired) electrons. The topological polar surface area (TPSA) is 87.3 Å². The van der Waals surface area contributed by atoms with Crippen molar-refractivity contribution in [3.63, 3.8) is 0 Å². The molecule has 0 atom stereocenters. The molecular formula is C12H19N3O3S. The molecule has 0 saturated carbocycles. The largest absolute Gasteiger partial charge is 0.376 e. The van der Waals surface area contributed by atoms with Gasteiger partial charge < -0.3 is 10.6 Å². The van der Waals surface area contributed by atoms with Crippen LogP contribution in [0.3, 0.4) is 0 Å². The van der Waals surface area contributed by atoms with Crippen LogP contribution >= 0.6 is 0 Å². The quantitative estimate of drug-likeness (QED) is 0.635. The summed E-state index contributed by atoms with van der Waals surface area (Å²) >= 11 is 0. The maximum Gasteiger partial charge on any atom is 0.239 e. The highest BCUT2D eigenvalue weighted by molar-refractivity contribution is 7.89. The van der Waals surface area contributed by atoms with E-state index < -0.39 is 10.0 Å². The molecule has 0 bridgehead atoms. The van der Waals surface area contributed by atoms with Gasteiger partial charge in [0.25, 0.3) is 0 Å². The molecule has 7 heteroatoms. The summed E-state index contributed by atoms with van der Waals surface area (Å²) in [4.78, 5) is 11.5. The Morgan fingerprint density at radius 3 is 2.53 bits per heavy atom. The van der Waals surface area contributed by atoms with Gasteiger partial charge in [-0.05, 0) is 12.1 Å². The Hall–Kier alpha value is -1.60. The van der Waals surface area contributed by atoms with E-state index in [0.717, 1.165) is 5.69 Å². The average molecular weight is 285 g/mol. The van der Waals surface area contributed by atoms with E-state index >= 15 is 0 Å². The molecule has 0 spiro atoms. The second-order valence-corrected chi connectivity index (χ2v) is 5.81. The predicted octanol–water partition coefficient (Wildman–Crippen LogP) is 0.154. The number of carbonyl (C=O) groups excluding carboxylic acids is 1. The molecule has 0 aliphatic carbocycles. The molecule has 1 rings (SSSR count). The van der Waals surface area contributed by atoms with Gasteiger partial charge in [-0.25, -0.2) is 13.1 Å². The van der Waals surface area contributed by atoms with E-state index in [1.54, 1.807) is 6.92 Å². The molecule has 0 heterocycles. The number of sulfonamides is 1. The molecule has 0 aliphatic rings. The third-order valence-electron chi connectivity index (χ3n) is 2.28. The number of anilines is 1. The van der Waals surface area contributed by atoms with Crippen LogP contribution in [0.15, 0.2) is 30.3 Å². The van der Waals surface area contributed by atoms with Crippen molar-refractivity contribution in [1.29, 1.82) is 0 Å². The Labute approximate surface area is 113 Å². The molecule has 6 nitrogen and oxygen atoms in total. The molecule has 19 heavy (non-hydrogen) atoms. The number of amides is 1. The van der Waals surface area contributed by atoms with Crippen LogP contribution in [-0.2, 0) is 14.8 Å². The Kier molecular flexibility index (Phi) is 6.31. The van der Waals surface area contributed by atoms with E-state index in [2.05, 4.69) is 15.4 Å². The van der Waals surface area contributed by atoms with Crippen molar-refractivity contribution < 1.29 is 13.2 Å². The maximum atomic E-state index is 11.5. The highest BCUT2D eigenvalue weighted by Crippen LogP contribution is 2.03. The summed E-state index contributed by atoms with van der Waals surface area (Å²) in [6.07, 6.45) is 0. The van der Waals surface area contributed by atoms with Crippen LogP contribution in [-0.4, -0.2) is 39.7 Å². The van der Waals surface area contributed by atoms with Crippen LogP contribution in [0, 0.1) is 0 Å². The number of carbonyl (C=O) groups is 1. The Morgan fingerprint density at radius 1 is 1.21 bits per heavy atom. The molecule has 0 fully saturated rings. The molecule has 0 aliphatic heterocycles. The summed E-state index contributed by atoms with van der Waals surface area (Å²) < 4.78 is 25.0. The summed E-state index contributed by atoms with van der Waals surface area (Å²) in [6.45, 7) is 2.28. The highest BCUT2D eigenvalue weighted by atomic mass is 32.2. The van der Waals surface area contributed by atoms with E-state index in [1.165, 1.54) is 0 Å². The van der Waals surface area contributed by atoms with Crippen LogP contribution in [0.2, 0.25) is 0 Å². The molecule has 0 saturated heterocycles. The minimum absolute atomic E-state index is 0.102. The van der Waals surface area contributed by atoms with E-state index in [-0.39, 0.29) is 24.7 Å². The van der Waals surface area contributed by atoms with Gasteiger partial charge in [-0.15, -0.1) is 0 Å². The third kappa shape index (κ3) is 6.78. The fraction of sp³-hybridized carbons (Fsp3) is 0.417. The second kappa shape index (κ2) is 7.75. The lowest BCUT2D eigenvalue weighted by molar-refractivity contribution is -0.119. The molecule has 0 unspecified atom stereocenters. The Bertz CT molecular complexity index is 488. The zero-order valence-corrected chi connectivity index (χ0v) is 11.7. The Morgan fingerprint density at radius 2 is 1.89 bits per heavy atom. The first-order chi connectivity index (χ1) is 9.03. The number of benzene rings is 1. The number of para-hydroxylation sites is 1.